The van der Waals surface area contributed by atoms with Crippen LogP contribution in [0.2, 0.25) is 5.04 Å². The number of pyridine rings is 1. The maximum absolute atomic E-state index is 6.81. The Balaban J connectivity index is 1.83. The van der Waals surface area contributed by atoms with Gasteiger partial charge in [0, 0.05) is 0 Å². The summed E-state index contributed by atoms with van der Waals surface area (Å²) < 4.78 is 12.7. The van der Waals surface area contributed by atoms with E-state index in [2.05, 4.69) is 86.4 Å². The molecule has 0 fully saturated rings. The molecule has 3 rings (SSSR count). The van der Waals surface area contributed by atoms with E-state index in [0.29, 0.717) is 19.1 Å². The quantitative estimate of drug-likeness (QED) is 0.296. The first kappa shape index (κ1) is 21.6. The minimum Gasteiger partial charge on any atom is -0.490 e. The third kappa shape index (κ3) is 4.89. The van der Waals surface area contributed by atoms with E-state index >= 15 is 0 Å². The maximum Gasteiger partial charge on any atom is 0.261 e. The highest BCUT2D eigenvalue weighted by molar-refractivity contribution is 6.99. The van der Waals surface area contributed by atoms with Crippen molar-refractivity contribution in [2.45, 2.75) is 31.7 Å². The van der Waals surface area contributed by atoms with Gasteiger partial charge in [-0.1, -0.05) is 81.4 Å². The lowest BCUT2D eigenvalue weighted by molar-refractivity contribution is 0.207. The van der Waals surface area contributed by atoms with Gasteiger partial charge in [0.25, 0.3) is 8.32 Å². The Morgan fingerprint density at radius 1 is 0.828 bits per heavy atom. The summed E-state index contributed by atoms with van der Waals surface area (Å²) in [4.78, 5) is 4.27. The molecular weight excluding hydrogens is 398 g/mol. The molecule has 3 aromatic rings. The van der Waals surface area contributed by atoms with Crippen molar-refractivity contribution in [2.24, 2.45) is 0 Å². The third-order valence-electron chi connectivity index (χ3n) is 5.02. The SMILES string of the molecule is CC(C)(C)[Si](OCCOc1ccc(CCl)nc1)(c1ccccc1)c1ccccc1. The fraction of sp³-hybridized carbons (Fsp3) is 0.292. The molecule has 0 atom stereocenters. The van der Waals surface area contributed by atoms with E-state index in [1.807, 2.05) is 12.1 Å². The number of hydrogen-bond acceptors (Lipinski definition) is 3. The minimum absolute atomic E-state index is 0.0424. The van der Waals surface area contributed by atoms with E-state index in [9.17, 15) is 0 Å². The molecule has 0 N–H and O–H groups in total. The first-order valence-corrected chi connectivity index (χ1v) is 12.3. The van der Waals surface area contributed by atoms with Gasteiger partial charge >= 0.3 is 0 Å². The summed E-state index contributed by atoms with van der Waals surface area (Å²) in [6.07, 6.45) is 1.71. The molecule has 0 bridgehead atoms. The van der Waals surface area contributed by atoms with Crippen LogP contribution in [0.1, 0.15) is 26.5 Å². The van der Waals surface area contributed by atoms with Crippen LogP contribution in [0, 0.1) is 0 Å². The number of rotatable bonds is 8. The zero-order valence-corrected chi connectivity index (χ0v) is 19.0. The summed E-state index contributed by atoms with van der Waals surface area (Å²) in [5, 5.41) is 2.50. The normalized spacial score (nSPS) is 12.0. The highest BCUT2D eigenvalue weighted by atomic mass is 35.5. The minimum atomic E-state index is -2.52. The van der Waals surface area contributed by atoms with Crippen molar-refractivity contribution in [3.8, 4) is 5.75 Å². The molecule has 0 saturated heterocycles. The topological polar surface area (TPSA) is 31.4 Å². The predicted octanol–water partition coefficient (Wildman–Crippen LogP) is 4.78. The van der Waals surface area contributed by atoms with Crippen molar-refractivity contribution in [2.75, 3.05) is 13.2 Å². The summed E-state index contributed by atoms with van der Waals surface area (Å²) in [7, 11) is -2.52. The molecule has 0 radical (unpaired) electrons. The van der Waals surface area contributed by atoms with Crippen LogP contribution >= 0.6 is 11.6 Å². The van der Waals surface area contributed by atoms with Crippen LogP contribution in [0.15, 0.2) is 79.0 Å². The number of aromatic nitrogens is 1. The lowest BCUT2D eigenvalue weighted by Crippen LogP contribution is -2.66. The molecule has 5 heteroatoms. The Kier molecular flexibility index (Phi) is 7.12. The number of hydrogen-bond donors (Lipinski definition) is 0. The lowest BCUT2D eigenvalue weighted by Gasteiger charge is -2.43. The Morgan fingerprint density at radius 2 is 1.41 bits per heavy atom. The van der Waals surface area contributed by atoms with Gasteiger partial charge < -0.3 is 9.16 Å². The summed E-state index contributed by atoms with van der Waals surface area (Å²) in [5.41, 5.74) is 0.836. The Morgan fingerprint density at radius 3 is 1.86 bits per heavy atom. The Bertz CT molecular complexity index is 841. The average Bonchev–Trinajstić information content (AvgIpc) is 2.74. The van der Waals surface area contributed by atoms with Crippen molar-refractivity contribution in [3.63, 3.8) is 0 Å². The van der Waals surface area contributed by atoms with Crippen LogP contribution in [-0.4, -0.2) is 26.5 Å². The van der Waals surface area contributed by atoms with Gasteiger partial charge in [-0.25, -0.2) is 0 Å². The summed E-state index contributed by atoms with van der Waals surface area (Å²) in [6, 6.07) is 25.0. The molecule has 0 aliphatic heterocycles. The zero-order valence-electron chi connectivity index (χ0n) is 17.3. The molecule has 0 unspecified atom stereocenters. The van der Waals surface area contributed by atoms with Gasteiger partial charge in [-0.3, -0.25) is 4.98 Å². The fourth-order valence-electron chi connectivity index (χ4n) is 3.69. The summed E-state index contributed by atoms with van der Waals surface area (Å²) in [6.45, 7) is 7.79. The molecule has 152 valence electrons. The smallest absolute Gasteiger partial charge is 0.261 e. The van der Waals surface area contributed by atoms with E-state index in [0.717, 1.165) is 11.4 Å². The largest absolute Gasteiger partial charge is 0.490 e. The Labute approximate surface area is 179 Å². The molecule has 1 heterocycles. The number of nitrogens with zero attached hydrogens (tertiary/aromatic N) is 1. The van der Waals surface area contributed by atoms with E-state index < -0.39 is 8.32 Å². The maximum atomic E-state index is 6.81. The molecule has 0 amide bonds. The second-order valence-corrected chi connectivity index (χ2v) is 12.6. The van der Waals surface area contributed by atoms with Crippen molar-refractivity contribution < 1.29 is 9.16 Å². The molecule has 0 saturated carbocycles. The average molecular weight is 426 g/mol. The molecule has 1 aromatic heterocycles. The highest BCUT2D eigenvalue weighted by Gasteiger charge is 2.50. The first-order chi connectivity index (χ1) is 14.0. The van der Waals surface area contributed by atoms with Gasteiger partial charge in [0.1, 0.15) is 12.4 Å². The number of alkyl halides is 1. The van der Waals surface area contributed by atoms with E-state index in [4.69, 9.17) is 20.8 Å². The van der Waals surface area contributed by atoms with Gasteiger partial charge in [0.05, 0.1) is 24.4 Å². The van der Waals surface area contributed by atoms with Crippen molar-refractivity contribution in [3.05, 3.63) is 84.7 Å². The molecule has 3 nitrogen and oxygen atoms in total. The van der Waals surface area contributed by atoms with Crippen LogP contribution in [0.25, 0.3) is 0 Å². The molecule has 0 aliphatic rings. The second kappa shape index (κ2) is 9.57. The van der Waals surface area contributed by atoms with Crippen molar-refractivity contribution in [1.82, 2.24) is 4.98 Å². The van der Waals surface area contributed by atoms with Crippen LogP contribution in [0.4, 0.5) is 0 Å². The molecule has 0 aliphatic carbocycles. The molecule has 29 heavy (non-hydrogen) atoms. The van der Waals surface area contributed by atoms with Crippen LogP contribution in [-0.2, 0) is 10.3 Å². The highest BCUT2D eigenvalue weighted by Crippen LogP contribution is 2.36. The van der Waals surface area contributed by atoms with Crippen molar-refractivity contribution in [1.29, 1.82) is 0 Å². The monoisotopic (exact) mass is 425 g/mol. The van der Waals surface area contributed by atoms with Gasteiger partial charge in [-0.15, -0.1) is 11.6 Å². The molecule has 2 aromatic carbocycles. The second-order valence-electron chi connectivity index (χ2n) is 7.98. The zero-order chi connectivity index (χ0) is 20.7. The number of ether oxygens (including phenoxy) is 1. The van der Waals surface area contributed by atoms with Gasteiger partial charge in [0.15, 0.2) is 0 Å². The van der Waals surface area contributed by atoms with Crippen molar-refractivity contribution >= 4 is 30.3 Å². The van der Waals surface area contributed by atoms with Crippen LogP contribution < -0.4 is 15.1 Å². The van der Waals surface area contributed by atoms with Gasteiger partial charge in [-0.05, 0) is 27.5 Å². The lowest BCUT2D eigenvalue weighted by atomic mass is 10.2. The standard InChI is InChI=1S/C24H28ClNO2Si/c1-24(2,3)29(22-10-6-4-7-11-22,23-12-8-5-9-13-23)28-17-16-27-21-15-14-20(18-25)26-19-21/h4-15,19H,16-18H2,1-3H3. The molecular formula is C24H28ClNO2Si. The summed E-state index contributed by atoms with van der Waals surface area (Å²) >= 11 is 5.80. The van der Waals surface area contributed by atoms with E-state index in [1.165, 1.54) is 10.4 Å². The van der Waals surface area contributed by atoms with E-state index in [1.54, 1.807) is 6.20 Å². The third-order valence-corrected chi connectivity index (χ3v) is 10.3. The van der Waals surface area contributed by atoms with Crippen LogP contribution in [0.3, 0.4) is 0 Å². The van der Waals surface area contributed by atoms with Gasteiger partial charge in [0.2, 0.25) is 0 Å². The number of halogens is 1. The summed E-state index contributed by atoms with van der Waals surface area (Å²) in [5.74, 6) is 1.13. The molecule has 0 spiro atoms. The van der Waals surface area contributed by atoms with Gasteiger partial charge in [-0.2, -0.15) is 0 Å². The Hall–Kier alpha value is -2.14. The fourth-order valence-corrected chi connectivity index (χ4v) is 8.39. The number of benzene rings is 2. The predicted molar refractivity (Wildman–Crippen MR) is 123 cm³/mol. The van der Waals surface area contributed by atoms with Crippen LogP contribution in [0.5, 0.6) is 5.75 Å². The van der Waals surface area contributed by atoms with E-state index in [-0.39, 0.29) is 5.04 Å². The first-order valence-electron chi connectivity index (χ1n) is 9.86.